The highest BCUT2D eigenvalue weighted by molar-refractivity contribution is 5.84. The predicted octanol–water partition coefficient (Wildman–Crippen LogP) is 3.97. The van der Waals surface area contributed by atoms with Gasteiger partial charge in [-0.1, -0.05) is 26.0 Å². The van der Waals surface area contributed by atoms with Crippen molar-refractivity contribution in [3.05, 3.63) is 23.9 Å². The van der Waals surface area contributed by atoms with E-state index in [0.29, 0.717) is 5.92 Å². The van der Waals surface area contributed by atoms with Crippen molar-refractivity contribution in [2.75, 3.05) is 0 Å². The summed E-state index contributed by atoms with van der Waals surface area (Å²) in [5.41, 5.74) is 3.44. The average molecular weight is 179 g/mol. The third-order valence-corrected chi connectivity index (χ3v) is 2.46. The molecule has 1 heteroatoms. The Morgan fingerprint density at radius 1 is 1.38 bits per heavy atom. The molecule has 0 rings (SSSR count). The molecule has 0 aromatic rings. The van der Waals surface area contributed by atoms with Gasteiger partial charge in [0, 0.05) is 11.9 Å². The lowest BCUT2D eigenvalue weighted by Gasteiger charge is -2.06. The number of aliphatic imine (C=N–C) groups is 1. The quantitative estimate of drug-likeness (QED) is 0.457. The SMILES string of the molecule is C=C(C)/C(C)=C\N=C(C)C(C)CC. The second-order valence-corrected chi connectivity index (χ2v) is 3.67. The van der Waals surface area contributed by atoms with Gasteiger partial charge in [-0.3, -0.25) is 4.99 Å². The maximum Gasteiger partial charge on any atom is 0.0298 e. The molecule has 0 aromatic heterocycles. The lowest BCUT2D eigenvalue weighted by atomic mass is 10.0. The molecule has 0 aliphatic carbocycles. The molecule has 0 bridgehead atoms. The van der Waals surface area contributed by atoms with Crippen molar-refractivity contribution in [2.45, 2.75) is 41.0 Å². The number of nitrogens with zero attached hydrogens (tertiary/aromatic N) is 1. The molecule has 1 nitrogen and oxygen atoms in total. The van der Waals surface area contributed by atoms with Gasteiger partial charge >= 0.3 is 0 Å². The largest absolute Gasteiger partial charge is 0.265 e. The Hall–Kier alpha value is -0.850. The smallest absolute Gasteiger partial charge is 0.0298 e. The minimum Gasteiger partial charge on any atom is -0.265 e. The van der Waals surface area contributed by atoms with Crippen molar-refractivity contribution >= 4 is 5.71 Å². The molecule has 0 spiro atoms. The molecule has 0 heterocycles. The summed E-state index contributed by atoms with van der Waals surface area (Å²) in [5.74, 6) is 0.578. The zero-order valence-corrected chi connectivity index (χ0v) is 9.52. The van der Waals surface area contributed by atoms with Gasteiger partial charge in [-0.15, -0.1) is 0 Å². The summed E-state index contributed by atoms with van der Waals surface area (Å²) in [6.07, 6.45) is 3.05. The van der Waals surface area contributed by atoms with Crippen LogP contribution in [0.2, 0.25) is 0 Å². The average Bonchev–Trinajstić information content (AvgIpc) is 2.11. The molecular formula is C12H21N. The first-order chi connectivity index (χ1) is 5.99. The van der Waals surface area contributed by atoms with Gasteiger partial charge in [-0.05, 0) is 38.7 Å². The van der Waals surface area contributed by atoms with E-state index in [9.17, 15) is 0 Å². The summed E-state index contributed by atoms with van der Waals surface area (Å²) < 4.78 is 0. The molecule has 13 heavy (non-hydrogen) atoms. The topological polar surface area (TPSA) is 12.4 Å². The Labute approximate surface area is 82.3 Å². The highest BCUT2D eigenvalue weighted by atomic mass is 14.7. The standard InChI is InChI=1S/C12H21N/c1-7-10(4)12(6)13-8-11(5)9(2)3/h8,10H,2,7H2,1,3-6H3/b11-8-,13-12?. The van der Waals surface area contributed by atoms with E-state index in [1.165, 1.54) is 5.71 Å². The van der Waals surface area contributed by atoms with Crippen LogP contribution in [0.25, 0.3) is 0 Å². The van der Waals surface area contributed by atoms with Crippen LogP contribution in [0.3, 0.4) is 0 Å². The minimum atomic E-state index is 0.578. The monoisotopic (exact) mass is 179 g/mol. The van der Waals surface area contributed by atoms with Crippen molar-refractivity contribution in [1.29, 1.82) is 0 Å². The van der Waals surface area contributed by atoms with Crippen molar-refractivity contribution in [1.82, 2.24) is 0 Å². The van der Waals surface area contributed by atoms with E-state index in [4.69, 9.17) is 0 Å². The van der Waals surface area contributed by atoms with Gasteiger partial charge in [0.1, 0.15) is 0 Å². The Morgan fingerprint density at radius 2 is 1.92 bits per heavy atom. The summed E-state index contributed by atoms with van der Waals surface area (Å²) in [7, 11) is 0. The van der Waals surface area contributed by atoms with E-state index in [-0.39, 0.29) is 0 Å². The van der Waals surface area contributed by atoms with Crippen LogP contribution in [-0.2, 0) is 0 Å². The number of hydrogen-bond acceptors (Lipinski definition) is 1. The highest BCUT2D eigenvalue weighted by Crippen LogP contribution is 2.08. The molecule has 0 amide bonds. The molecule has 0 aliphatic rings. The van der Waals surface area contributed by atoms with Gasteiger partial charge in [0.15, 0.2) is 0 Å². The Morgan fingerprint density at radius 3 is 2.31 bits per heavy atom. The minimum absolute atomic E-state index is 0.578. The lowest BCUT2D eigenvalue weighted by Crippen LogP contribution is -2.04. The lowest BCUT2D eigenvalue weighted by molar-refractivity contribution is 0.736. The normalized spacial score (nSPS) is 15.8. The van der Waals surface area contributed by atoms with E-state index in [1.807, 2.05) is 20.0 Å². The summed E-state index contributed by atoms with van der Waals surface area (Å²) in [4.78, 5) is 4.41. The molecule has 0 radical (unpaired) electrons. The molecule has 0 saturated carbocycles. The molecule has 1 atom stereocenters. The van der Waals surface area contributed by atoms with Crippen LogP contribution in [0.15, 0.2) is 28.9 Å². The Bertz CT molecular complexity index is 234. The summed E-state index contributed by atoms with van der Waals surface area (Å²) in [6.45, 7) is 14.4. The summed E-state index contributed by atoms with van der Waals surface area (Å²) in [6, 6.07) is 0. The third kappa shape index (κ3) is 4.66. The van der Waals surface area contributed by atoms with Crippen molar-refractivity contribution in [3.63, 3.8) is 0 Å². The second kappa shape index (κ2) is 5.74. The maximum atomic E-state index is 4.41. The fourth-order valence-electron chi connectivity index (χ4n) is 0.731. The van der Waals surface area contributed by atoms with Gasteiger partial charge in [0.05, 0.1) is 0 Å². The highest BCUT2D eigenvalue weighted by Gasteiger charge is 2.00. The van der Waals surface area contributed by atoms with E-state index in [1.54, 1.807) is 0 Å². The molecule has 0 aromatic carbocycles. The van der Waals surface area contributed by atoms with Crippen LogP contribution in [0, 0.1) is 5.92 Å². The van der Waals surface area contributed by atoms with Gasteiger partial charge in [0.2, 0.25) is 0 Å². The van der Waals surface area contributed by atoms with Gasteiger partial charge < -0.3 is 0 Å². The molecule has 0 fully saturated rings. The molecule has 0 saturated heterocycles. The van der Waals surface area contributed by atoms with Crippen molar-refractivity contribution < 1.29 is 0 Å². The predicted molar refractivity (Wildman–Crippen MR) is 61.1 cm³/mol. The Kier molecular flexibility index (Phi) is 5.36. The fourth-order valence-corrected chi connectivity index (χ4v) is 0.731. The zero-order chi connectivity index (χ0) is 10.4. The van der Waals surface area contributed by atoms with Crippen molar-refractivity contribution in [3.8, 4) is 0 Å². The van der Waals surface area contributed by atoms with Crippen LogP contribution in [0.5, 0.6) is 0 Å². The van der Waals surface area contributed by atoms with Gasteiger partial charge in [0.25, 0.3) is 0 Å². The Balaban J connectivity index is 4.41. The van der Waals surface area contributed by atoms with E-state index < -0.39 is 0 Å². The first kappa shape index (κ1) is 12.2. The molecule has 0 aliphatic heterocycles. The van der Waals surface area contributed by atoms with Crippen LogP contribution in [0.1, 0.15) is 41.0 Å². The molecule has 74 valence electrons. The van der Waals surface area contributed by atoms with Crippen LogP contribution < -0.4 is 0 Å². The van der Waals surface area contributed by atoms with Crippen LogP contribution >= 0.6 is 0 Å². The van der Waals surface area contributed by atoms with Gasteiger partial charge in [-0.2, -0.15) is 0 Å². The number of rotatable bonds is 4. The summed E-state index contributed by atoms with van der Waals surface area (Å²) in [5, 5.41) is 0. The second-order valence-electron chi connectivity index (χ2n) is 3.67. The third-order valence-electron chi connectivity index (χ3n) is 2.46. The number of allylic oxidation sites excluding steroid dienone is 2. The van der Waals surface area contributed by atoms with E-state index in [2.05, 4.69) is 32.3 Å². The van der Waals surface area contributed by atoms with Gasteiger partial charge in [-0.25, -0.2) is 0 Å². The van der Waals surface area contributed by atoms with Crippen LogP contribution in [-0.4, -0.2) is 5.71 Å². The molecule has 0 N–H and O–H groups in total. The van der Waals surface area contributed by atoms with E-state index >= 15 is 0 Å². The first-order valence-electron chi connectivity index (χ1n) is 4.86. The maximum absolute atomic E-state index is 4.41. The fraction of sp³-hybridized carbons (Fsp3) is 0.583. The zero-order valence-electron chi connectivity index (χ0n) is 9.52. The number of hydrogen-bond donors (Lipinski definition) is 0. The van der Waals surface area contributed by atoms with Crippen LogP contribution in [0.4, 0.5) is 0 Å². The molecular weight excluding hydrogens is 158 g/mol. The van der Waals surface area contributed by atoms with Crippen molar-refractivity contribution in [2.24, 2.45) is 10.9 Å². The van der Waals surface area contributed by atoms with E-state index in [0.717, 1.165) is 17.6 Å². The molecule has 1 unspecified atom stereocenters. The first-order valence-corrected chi connectivity index (χ1v) is 4.86. The summed E-state index contributed by atoms with van der Waals surface area (Å²) >= 11 is 0.